The lowest BCUT2D eigenvalue weighted by Gasteiger charge is -2.22. The SMILES string of the molecule is CCCN=C(NCCc1ccco1)N(C)CCc1nccs1. The highest BCUT2D eigenvalue weighted by atomic mass is 32.1. The Balaban J connectivity index is 1.81. The standard InChI is InChI=1S/C16H24N4OS/c1-3-8-18-16(19-9-6-14-5-4-12-21-14)20(2)11-7-15-17-10-13-22-15/h4-5,10,12-13H,3,6-9,11H2,1-2H3,(H,18,19). The molecule has 0 atom stereocenters. The molecule has 0 bridgehead atoms. The minimum Gasteiger partial charge on any atom is -0.469 e. The monoisotopic (exact) mass is 320 g/mol. The molecule has 0 saturated carbocycles. The predicted octanol–water partition coefficient (Wildman–Crippen LogP) is 2.81. The normalized spacial score (nSPS) is 11.6. The zero-order valence-electron chi connectivity index (χ0n) is 13.3. The highest BCUT2D eigenvalue weighted by Gasteiger charge is 2.07. The largest absolute Gasteiger partial charge is 0.469 e. The van der Waals surface area contributed by atoms with Gasteiger partial charge < -0.3 is 14.6 Å². The molecular weight excluding hydrogens is 296 g/mol. The van der Waals surface area contributed by atoms with Crippen LogP contribution >= 0.6 is 11.3 Å². The Morgan fingerprint density at radius 2 is 2.36 bits per heavy atom. The zero-order valence-corrected chi connectivity index (χ0v) is 14.1. The van der Waals surface area contributed by atoms with E-state index in [1.807, 2.05) is 23.7 Å². The van der Waals surface area contributed by atoms with E-state index in [0.29, 0.717) is 0 Å². The minimum absolute atomic E-state index is 0.817. The van der Waals surface area contributed by atoms with Crippen LogP contribution in [0.15, 0.2) is 39.4 Å². The van der Waals surface area contributed by atoms with Crippen molar-refractivity contribution in [3.8, 4) is 0 Å². The molecule has 0 aliphatic carbocycles. The molecule has 0 spiro atoms. The summed E-state index contributed by atoms with van der Waals surface area (Å²) < 4.78 is 5.35. The first-order valence-corrected chi connectivity index (χ1v) is 8.57. The average molecular weight is 320 g/mol. The first-order valence-electron chi connectivity index (χ1n) is 7.69. The maximum atomic E-state index is 5.35. The summed E-state index contributed by atoms with van der Waals surface area (Å²) >= 11 is 1.70. The predicted molar refractivity (Wildman–Crippen MR) is 91.5 cm³/mol. The van der Waals surface area contributed by atoms with Crippen LogP contribution in [-0.2, 0) is 12.8 Å². The fraction of sp³-hybridized carbons (Fsp3) is 0.500. The number of nitrogens with zero attached hydrogens (tertiary/aromatic N) is 3. The van der Waals surface area contributed by atoms with Gasteiger partial charge in [-0.1, -0.05) is 6.92 Å². The molecule has 0 amide bonds. The number of likely N-dealkylation sites (N-methyl/N-ethyl adjacent to an activating group) is 1. The second-order valence-electron chi connectivity index (χ2n) is 5.06. The number of hydrogen-bond acceptors (Lipinski definition) is 4. The molecule has 5 nitrogen and oxygen atoms in total. The summed E-state index contributed by atoms with van der Waals surface area (Å²) in [5, 5.41) is 6.60. The number of aliphatic imine (C=N–C) groups is 1. The van der Waals surface area contributed by atoms with E-state index in [1.54, 1.807) is 17.6 Å². The molecule has 0 aliphatic heterocycles. The van der Waals surface area contributed by atoms with Crippen molar-refractivity contribution in [2.45, 2.75) is 26.2 Å². The number of thiazole rings is 1. The molecule has 0 unspecified atom stereocenters. The van der Waals surface area contributed by atoms with Gasteiger partial charge in [-0.05, 0) is 18.6 Å². The van der Waals surface area contributed by atoms with E-state index < -0.39 is 0 Å². The van der Waals surface area contributed by atoms with E-state index >= 15 is 0 Å². The van der Waals surface area contributed by atoms with Crippen LogP contribution in [0.4, 0.5) is 0 Å². The maximum absolute atomic E-state index is 5.35. The molecule has 0 radical (unpaired) electrons. The smallest absolute Gasteiger partial charge is 0.193 e. The van der Waals surface area contributed by atoms with E-state index in [-0.39, 0.29) is 0 Å². The van der Waals surface area contributed by atoms with Gasteiger partial charge in [-0.2, -0.15) is 0 Å². The number of nitrogens with one attached hydrogen (secondary N) is 1. The molecule has 22 heavy (non-hydrogen) atoms. The van der Waals surface area contributed by atoms with Crippen LogP contribution in [0.5, 0.6) is 0 Å². The van der Waals surface area contributed by atoms with Crippen LogP contribution in [0, 0.1) is 0 Å². The fourth-order valence-electron chi connectivity index (χ4n) is 2.03. The summed E-state index contributed by atoms with van der Waals surface area (Å²) in [4.78, 5) is 11.1. The zero-order chi connectivity index (χ0) is 15.6. The third-order valence-electron chi connectivity index (χ3n) is 3.23. The van der Waals surface area contributed by atoms with Gasteiger partial charge in [-0.25, -0.2) is 4.98 Å². The third-order valence-corrected chi connectivity index (χ3v) is 4.07. The van der Waals surface area contributed by atoms with Gasteiger partial charge in [0.1, 0.15) is 5.76 Å². The van der Waals surface area contributed by atoms with Crippen molar-refractivity contribution in [1.29, 1.82) is 0 Å². The van der Waals surface area contributed by atoms with Crippen molar-refractivity contribution in [2.75, 3.05) is 26.7 Å². The van der Waals surface area contributed by atoms with Crippen LogP contribution in [0.3, 0.4) is 0 Å². The molecule has 120 valence electrons. The van der Waals surface area contributed by atoms with Crippen LogP contribution < -0.4 is 5.32 Å². The summed E-state index contributed by atoms with van der Waals surface area (Å²) in [5.41, 5.74) is 0. The van der Waals surface area contributed by atoms with Gasteiger partial charge in [0.15, 0.2) is 5.96 Å². The Morgan fingerprint density at radius 1 is 1.45 bits per heavy atom. The topological polar surface area (TPSA) is 53.7 Å². The lowest BCUT2D eigenvalue weighted by atomic mass is 10.3. The van der Waals surface area contributed by atoms with Crippen molar-refractivity contribution < 1.29 is 4.42 Å². The Morgan fingerprint density at radius 3 is 3.05 bits per heavy atom. The molecule has 0 aromatic carbocycles. The second kappa shape index (κ2) is 9.25. The summed E-state index contributed by atoms with van der Waals surface area (Å²) in [6.45, 7) is 4.70. The van der Waals surface area contributed by atoms with Gasteiger partial charge in [0, 0.05) is 51.1 Å². The van der Waals surface area contributed by atoms with Gasteiger partial charge in [0.25, 0.3) is 0 Å². The maximum Gasteiger partial charge on any atom is 0.193 e. The van der Waals surface area contributed by atoms with Crippen LogP contribution in [-0.4, -0.2) is 42.5 Å². The molecular formula is C16H24N4OS. The highest BCUT2D eigenvalue weighted by Crippen LogP contribution is 2.05. The summed E-state index contributed by atoms with van der Waals surface area (Å²) in [6.07, 6.45) is 6.41. The summed E-state index contributed by atoms with van der Waals surface area (Å²) in [7, 11) is 2.07. The van der Waals surface area contributed by atoms with Crippen molar-refractivity contribution >= 4 is 17.3 Å². The van der Waals surface area contributed by atoms with E-state index in [4.69, 9.17) is 4.42 Å². The molecule has 2 rings (SSSR count). The Hall–Kier alpha value is -1.82. The first-order chi connectivity index (χ1) is 10.8. The van der Waals surface area contributed by atoms with Gasteiger partial charge in [-0.15, -0.1) is 11.3 Å². The molecule has 0 aliphatic rings. The molecule has 1 N–H and O–H groups in total. The minimum atomic E-state index is 0.817. The van der Waals surface area contributed by atoms with Gasteiger partial charge >= 0.3 is 0 Å². The number of hydrogen-bond donors (Lipinski definition) is 1. The molecule has 0 fully saturated rings. The molecule has 2 aromatic rings. The average Bonchev–Trinajstić information content (AvgIpc) is 3.21. The summed E-state index contributed by atoms with van der Waals surface area (Å²) in [6, 6.07) is 3.91. The number of aromatic nitrogens is 1. The van der Waals surface area contributed by atoms with Crippen LogP contribution in [0.2, 0.25) is 0 Å². The molecule has 0 saturated heterocycles. The Kier molecular flexibility index (Phi) is 6.96. The quantitative estimate of drug-likeness (QED) is 0.600. The van der Waals surface area contributed by atoms with E-state index in [0.717, 1.165) is 55.6 Å². The van der Waals surface area contributed by atoms with Crippen molar-refractivity contribution in [3.63, 3.8) is 0 Å². The number of rotatable bonds is 8. The first kappa shape index (κ1) is 16.5. The lowest BCUT2D eigenvalue weighted by molar-refractivity contribution is 0.474. The summed E-state index contributed by atoms with van der Waals surface area (Å²) in [5.74, 6) is 1.94. The van der Waals surface area contributed by atoms with E-state index in [1.165, 1.54) is 0 Å². The van der Waals surface area contributed by atoms with E-state index in [9.17, 15) is 0 Å². The van der Waals surface area contributed by atoms with Crippen LogP contribution in [0.25, 0.3) is 0 Å². The van der Waals surface area contributed by atoms with Gasteiger partial charge in [-0.3, -0.25) is 4.99 Å². The van der Waals surface area contributed by atoms with Gasteiger partial charge in [0.2, 0.25) is 0 Å². The lowest BCUT2D eigenvalue weighted by Crippen LogP contribution is -2.41. The molecule has 6 heteroatoms. The molecule has 2 aromatic heterocycles. The second-order valence-corrected chi connectivity index (χ2v) is 6.04. The fourth-order valence-corrected chi connectivity index (χ4v) is 2.64. The number of furan rings is 1. The highest BCUT2D eigenvalue weighted by molar-refractivity contribution is 7.09. The van der Waals surface area contributed by atoms with Crippen LogP contribution in [0.1, 0.15) is 24.1 Å². The molecule has 2 heterocycles. The Labute approximate surface area is 136 Å². The Bertz CT molecular complexity index is 537. The third kappa shape index (κ3) is 5.52. The van der Waals surface area contributed by atoms with Gasteiger partial charge in [0.05, 0.1) is 11.3 Å². The number of guanidine groups is 1. The van der Waals surface area contributed by atoms with Crippen molar-refractivity contribution in [2.24, 2.45) is 4.99 Å². The van der Waals surface area contributed by atoms with E-state index in [2.05, 4.69) is 34.2 Å². The van der Waals surface area contributed by atoms with Crippen molar-refractivity contribution in [3.05, 3.63) is 40.7 Å². The van der Waals surface area contributed by atoms with Crippen molar-refractivity contribution in [1.82, 2.24) is 15.2 Å².